The van der Waals surface area contributed by atoms with Gasteiger partial charge in [-0.2, -0.15) is 0 Å². The first-order valence-electron chi connectivity index (χ1n) is 11.1. The van der Waals surface area contributed by atoms with E-state index in [1.807, 2.05) is 30.3 Å². The number of unbranched alkanes of at least 4 members (excludes halogenated alkanes) is 1. The van der Waals surface area contributed by atoms with Crippen molar-refractivity contribution in [2.75, 3.05) is 13.2 Å². The maximum absolute atomic E-state index is 12.4. The van der Waals surface area contributed by atoms with Gasteiger partial charge in [0, 0.05) is 11.9 Å². The number of amides is 1. The van der Waals surface area contributed by atoms with Gasteiger partial charge in [0.1, 0.15) is 11.5 Å². The Balaban J connectivity index is 1.45. The standard InChI is InChI=1S/C27H33NO3/c1-5-27(3,4)21-13-15-24(19(2)18-21)31-17-9-8-16-28-26(30)23-14-12-20-10-6-7-11-22(20)25(23)29/h6-7,10-15,18,29H,5,8-9,16-17H2,1-4H3,(H,28,30). The second-order valence-electron chi connectivity index (χ2n) is 8.71. The summed E-state index contributed by atoms with van der Waals surface area (Å²) in [4.78, 5) is 12.4. The van der Waals surface area contributed by atoms with E-state index in [4.69, 9.17) is 4.74 Å². The number of carbonyl (C=O) groups excluding carboxylic acids is 1. The third kappa shape index (κ3) is 5.38. The van der Waals surface area contributed by atoms with Crippen LogP contribution in [-0.2, 0) is 5.41 Å². The highest BCUT2D eigenvalue weighted by atomic mass is 16.5. The Morgan fingerprint density at radius 3 is 2.58 bits per heavy atom. The lowest BCUT2D eigenvalue weighted by molar-refractivity contribution is 0.0950. The van der Waals surface area contributed by atoms with Gasteiger partial charge < -0.3 is 15.2 Å². The highest BCUT2D eigenvalue weighted by Crippen LogP contribution is 2.31. The highest BCUT2D eigenvalue weighted by molar-refractivity contribution is 6.03. The van der Waals surface area contributed by atoms with Crippen molar-refractivity contribution in [3.8, 4) is 11.5 Å². The van der Waals surface area contributed by atoms with Gasteiger partial charge in [-0.1, -0.05) is 63.2 Å². The molecule has 0 radical (unpaired) electrons. The predicted octanol–water partition coefficient (Wildman–Crippen LogP) is 6.13. The molecule has 0 fully saturated rings. The normalized spacial score (nSPS) is 11.5. The van der Waals surface area contributed by atoms with Crippen LogP contribution >= 0.6 is 0 Å². The highest BCUT2D eigenvalue weighted by Gasteiger charge is 2.18. The van der Waals surface area contributed by atoms with Crippen LogP contribution in [0.2, 0.25) is 0 Å². The minimum Gasteiger partial charge on any atom is -0.506 e. The lowest BCUT2D eigenvalue weighted by atomic mass is 9.81. The van der Waals surface area contributed by atoms with Crippen molar-refractivity contribution in [1.82, 2.24) is 5.32 Å². The van der Waals surface area contributed by atoms with Crippen LogP contribution in [0.25, 0.3) is 10.8 Å². The number of hydrogen-bond donors (Lipinski definition) is 2. The first kappa shape index (κ1) is 22.7. The third-order valence-corrected chi connectivity index (χ3v) is 6.10. The number of nitrogens with one attached hydrogen (secondary N) is 1. The molecule has 0 aliphatic rings. The number of hydrogen-bond acceptors (Lipinski definition) is 3. The van der Waals surface area contributed by atoms with E-state index < -0.39 is 0 Å². The molecular formula is C27H33NO3. The number of rotatable bonds is 9. The molecule has 1 amide bonds. The summed E-state index contributed by atoms with van der Waals surface area (Å²) in [7, 11) is 0. The lowest BCUT2D eigenvalue weighted by Crippen LogP contribution is -2.24. The Morgan fingerprint density at radius 1 is 1.06 bits per heavy atom. The summed E-state index contributed by atoms with van der Waals surface area (Å²) in [6.07, 6.45) is 2.74. The SMILES string of the molecule is CCC(C)(C)c1ccc(OCCCCNC(=O)c2ccc3ccccc3c2O)c(C)c1. The number of phenols is 1. The molecule has 4 heteroatoms. The molecule has 164 valence electrons. The maximum atomic E-state index is 12.4. The molecule has 2 N–H and O–H groups in total. The summed E-state index contributed by atoms with van der Waals surface area (Å²) in [5.74, 6) is 0.694. The second kappa shape index (κ2) is 9.86. The molecule has 0 saturated heterocycles. The lowest BCUT2D eigenvalue weighted by Gasteiger charge is -2.24. The summed E-state index contributed by atoms with van der Waals surface area (Å²) in [6.45, 7) is 9.95. The van der Waals surface area contributed by atoms with Crippen LogP contribution in [0.3, 0.4) is 0 Å². The first-order chi connectivity index (χ1) is 14.8. The fraction of sp³-hybridized carbons (Fsp3) is 0.370. The Labute approximate surface area is 185 Å². The van der Waals surface area contributed by atoms with Crippen molar-refractivity contribution in [3.63, 3.8) is 0 Å². The number of fused-ring (bicyclic) bond motifs is 1. The van der Waals surface area contributed by atoms with Gasteiger partial charge >= 0.3 is 0 Å². The van der Waals surface area contributed by atoms with Crippen LogP contribution in [0.15, 0.2) is 54.6 Å². The van der Waals surface area contributed by atoms with Gasteiger partial charge in [0.25, 0.3) is 5.91 Å². The molecular weight excluding hydrogens is 386 g/mol. The second-order valence-corrected chi connectivity index (χ2v) is 8.71. The molecule has 0 aliphatic heterocycles. The monoisotopic (exact) mass is 419 g/mol. The zero-order valence-corrected chi connectivity index (χ0v) is 19.0. The van der Waals surface area contributed by atoms with Crippen molar-refractivity contribution in [3.05, 3.63) is 71.3 Å². The number of aryl methyl sites for hydroxylation is 1. The van der Waals surface area contributed by atoms with Gasteiger partial charge in [-0.3, -0.25) is 4.79 Å². The van der Waals surface area contributed by atoms with E-state index in [-0.39, 0.29) is 17.1 Å². The third-order valence-electron chi connectivity index (χ3n) is 6.10. The van der Waals surface area contributed by atoms with Gasteiger partial charge in [0.05, 0.1) is 12.2 Å². The number of benzene rings is 3. The van der Waals surface area contributed by atoms with Gasteiger partial charge in [0.2, 0.25) is 0 Å². The zero-order valence-electron chi connectivity index (χ0n) is 19.0. The van der Waals surface area contributed by atoms with E-state index in [0.717, 1.165) is 36.0 Å². The van der Waals surface area contributed by atoms with Gasteiger partial charge in [0.15, 0.2) is 0 Å². The van der Waals surface area contributed by atoms with E-state index in [1.165, 1.54) is 5.56 Å². The van der Waals surface area contributed by atoms with E-state index >= 15 is 0 Å². The molecule has 3 aromatic rings. The van der Waals surface area contributed by atoms with Gasteiger partial charge in [-0.25, -0.2) is 0 Å². The summed E-state index contributed by atoms with van der Waals surface area (Å²) in [5, 5.41) is 14.9. The van der Waals surface area contributed by atoms with Crippen molar-refractivity contribution < 1.29 is 14.6 Å². The minimum atomic E-state index is -0.255. The number of ether oxygens (including phenoxy) is 1. The summed E-state index contributed by atoms with van der Waals surface area (Å²) in [6, 6.07) is 17.4. The molecule has 31 heavy (non-hydrogen) atoms. The average Bonchev–Trinajstić information content (AvgIpc) is 2.77. The average molecular weight is 420 g/mol. The Kier molecular flexibility index (Phi) is 7.21. The number of carbonyl (C=O) groups is 1. The number of phenolic OH excluding ortho intramolecular Hbond substituents is 1. The van der Waals surface area contributed by atoms with E-state index in [1.54, 1.807) is 6.07 Å². The molecule has 3 rings (SSSR count). The van der Waals surface area contributed by atoms with Crippen LogP contribution in [0.5, 0.6) is 11.5 Å². The van der Waals surface area contributed by atoms with Crippen LogP contribution < -0.4 is 10.1 Å². The molecule has 0 aliphatic carbocycles. The molecule has 0 spiro atoms. The van der Waals surface area contributed by atoms with Gasteiger partial charge in [-0.05, 0) is 60.2 Å². The van der Waals surface area contributed by atoms with Crippen LogP contribution in [0.1, 0.15) is 61.5 Å². The fourth-order valence-electron chi connectivity index (χ4n) is 3.58. The molecule has 0 aromatic heterocycles. The zero-order chi connectivity index (χ0) is 22.4. The molecule has 0 unspecified atom stereocenters. The summed E-state index contributed by atoms with van der Waals surface area (Å²) < 4.78 is 5.94. The fourth-order valence-corrected chi connectivity index (χ4v) is 3.58. The van der Waals surface area contributed by atoms with E-state index in [9.17, 15) is 9.90 Å². The van der Waals surface area contributed by atoms with Crippen molar-refractivity contribution in [2.45, 2.75) is 52.4 Å². The predicted molar refractivity (Wildman–Crippen MR) is 127 cm³/mol. The van der Waals surface area contributed by atoms with Crippen molar-refractivity contribution in [1.29, 1.82) is 0 Å². The largest absolute Gasteiger partial charge is 0.506 e. The van der Waals surface area contributed by atoms with Crippen molar-refractivity contribution >= 4 is 16.7 Å². The molecule has 0 saturated carbocycles. The molecule has 3 aromatic carbocycles. The Bertz CT molecular complexity index is 1060. The summed E-state index contributed by atoms with van der Waals surface area (Å²) in [5.41, 5.74) is 2.96. The Morgan fingerprint density at radius 2 is 1.84 bits per heavy atom. The Hall–Kier alpha value is -3.01. The topological polar surface area (TPSA) is 58.6 Å². The van der Waals surface area contributed by atoms with Gasteiger partial charge in [-0.15, -0.1) is 0 Å². The molecule has 0 heterocycles. The molecule has 4 nitrogen and oxygen atoms in total. The van der Waals surface area contributed by atoms with Crippen molar-refractivity contribution in [2.24, 2.45) is 0 Å². The maximum Gasteiger partial charge on any atom is 0.255 e. The van der Waals surface area contributed by atoms with Crippen LogP contribution in [-0.4, -0.2) is 24.2 Å². The van der Waals surface area contributed by atoms with Crippen LogP contribution in [0, 0.1) is 6.92 Å². The minimum absolute atomic E-state index is 0.0316. The summed E-state index contributed by atoms with van der Waals surface area (Å²) >= 11 is 0. The van der Waals surface area contributed by atoms with Crippen LogP contribution in [0.4, 0.5) is 0 Å². The van der Waals surface area contributed by atoms with E-state index in [0.29, 0.717) is 24.1 Å². The van der Waals surface area contributed by atoms with E-state index in [2.05, 4.69) is 51.2 Å². The smallest absolute Gasteiger partial charge is 0.255 e. The molecule has 0 bridgehead atoms. The molecule has 0 atom stereocenters. The first-order valence-corrected chi connectivity index (χ1v) is 11.1. The number of aromatic hydroxyl groups is 1. The quantitative estimate of drug-likeness (QED) is 0.410.